The van der Waals surface area contributed by atoms with E-state index in [1.807, 2.05) is 30.3 Å². The molecule has 0 saturated heterocycles. The summed E-state index contributed by atoms with van der Waals surface area (Å²) >= 11 is 0. The number of rotatable bonds is 20. The number of carbonyl (C=O) groups excluding carboxylic acids is 2. The van der Waals surface area contributed by atoms with E-state index < -0.39 is 22.2 Å². The van der Waals surface area contributed by atoms with Gasteiger partial charge in [-0.1, -0.05) is 38.1 Å². The minimum atomic E-state index is -0.747. The minimum absolute atomic E-state index is 0.0624. The summed E-state index contributed by atoms with van der Waals surface area (Å²) in [5.41, 5.74) is 3.65. The van der Waals surface area contributed by atoms with E-state index >= 15 is 0 Å². The Morgan fingerprint density at radius 1 is 0.915 bits per heavy atom. The molecule has 1 aliphatic rings. The van der Waals surface area contributed by atoms with Crippen molar-refractivity contribution in [2.75, 3.05) is 68.9 Å². The molecule has 2 unspecified atom stereocenters. The molecule has 0 bridgehead atoms. The Balaban J connectivity index is 0.000000324. The van der Waals surface area contributed by atoms with Crippen molar-refractivity contribution in [3.05, 3.63) is 110 Å². The van der Waals surface area contributed by atoms with Crippen LogP contribution >= 0.6 is 0 Å². The lowest BCUT2D eigenvalue weighted by atomic mass is 9.69. The normalized spacial score (nSPS) is 14.7. The van der Waals surface area contributed by atoms with Crippen molar-refractivity contribution < 1.29 is 42.9 Å². The van der Waals surface area contributed by atoms with Crippen LogP contribution in [0.3, 0.4) is 0 Å². The number of ether oxygens (including phenoxy) is 6. The van der Waals surface area contributed by atoms with Crippen LogP contribution in [0.4, 0.5) is 5.69 Å². The number of nitro groups is 1. The number of hydrogen-bond donors (Lipinski definition) is 1. The molecular weight excluding hydrogens is 757 g/mol. The number of aldehydes is 1. The topological polar surface area (TPSA) is 172 Å². The van der Waals surface area contributed by atoms with Crippen LogP contribution < -0.4 is 24.3 Å². The standard InChI is InChI=1S/C27H38N2O4.C18H20N2O6/c1-20(2)27(19-28,22-10-12-24(31-5)26(18-22)33-7)14-8-15-29(3)16-13-21-9-11-23(30-4)25(17-21)32-6;1-11-15(10-21)17(13-5-4-6-14(9-13)20(23)24)16(12(2)19-11)18(22)26-8-7-25-3/h9-12,17-18,20H,8,13-16H2,1-7H3;4-6,9-10,17,19H,7-8H2,1-3H3. The Labute approximate surface area is 347 Å². The molecule has 1 N–H and O–H groups in total. The highest BCUT2D eigenvalue weighted by Gasteiger charge is 2.37. The molecule has 59 heavy (non-hydrogen) atoms. The molecule has 0 aliphatic carbocycles. The van der Waals surface area contributed by atoms with E-state index in [4.69, 9.17) is 28.4 Å². The number of hydrogen-bond acceptors (Lipinski definition) is 13. The zero-order chi connectivity index (χ0) is 43.7. The second-order valence-electron chi connectivity index (χ2n) is 14.4. The van der Waals surface area contributed by atoms with Crippen molar-refractivity contribution in [2.45, 2.75) is 58.3 Å². The van der Waals surface area contributed by atoms with Crippen molar-refractivity contribution in [1.82, 2.24) is 10.2 Å². The van der Waals surface area contributed by atoms with Gasteiger partial charge in [-0.15, -0.1) is 0 Å². The smallest absolute Gasteiger partial charge is 0.336 e. The van der Waals surface area contributed by atoms with Gasteiger partial charge in [0.1, 0.15) is 12.9 Å². The molecule has 14 heteroatoms. The number of nitrogens with zero attached hydrogens (tertiary/aromatic N) is 3. The fourth-order valence-corrected chi connectivity index (χ4v) is 7.12. The maximum absolute atomic E-state index is 12.6. The van der Waals surface area contributed by atoms with Gasteiger partial charge in [0, 0.05) is 48.7 Å². The highest BCUT2D eigenvalue weighted by molar-refractivity contribution is 5.96. The summed E-state index contributed by atoms with van der Waals surface area (Å²) in [6.45, 7) is 9.77. The Morgan fingerprint density at radius 2 is 1.56 bits per heavy atom. The summed E-state index contributed by atoms with van der Waals surface area (Å²) in [6.07, 6.45) is 3.26. The summed E-state index contributed by atoms with van der Waals surface area (Å²) < 4.78 is 31.7. The molecule has 4 rings (SSSR count). The summed E-state index contributed by atoms with van der Waals surface area (Å²) in [5, 5.41) is 24.3. The SMILES string of the molecule is COCCOC(=O)C1=C(C)NC(C)=C(C=O)C1c1cccc([N+](=O)[O-])c1.COc1ccc(CCN(C)CCCC(C#N)(c2ccc(OC)c(OC)c2)C(C)C)cc1OC. The van der Waals surface area contributed by atoms with Crippen molar-refractivity contribution in [3.8, 4) is 29.1 Å². The van der Waals surface area contributed by atoms with Crippen LogP contribution in [0.25, 0.3) is 0 Å². The molecule has 14 nitrogen and oxygen atoms in total. The van der Waals surface area contributed by atoms with Crippen molar-refractivity contribution in [1.29, 1.82) is 5.26 Å². The number of methoxy groups -OCH3 is 5. The van der Waals surface area contributed by atoms with E-state index in [0.29, 0.717) is 40.3 Å². The van der Waals surface area contributed by atoms with Gasteiger partial charge in [0.2, 0.25) is 0 Å². The van der Waals surface area contributed by atoms with Gasteiger partial charge in [0.25, 0.3) is 5.69 Å². The number of dihydropyridines is 1. The predicted molar refractivity (Wildman–Crippen MR) is 225 cm³/mol. The number of esters is 1. The number of likely N-dealkylation sites (N-methyl/N-ethyl adjacent to an activating group) is 1. The molecule has 0 amide bonds. The van der Waals surface area contributed by atoms with Gasteiger partial charge in [-0.3, -0.25) is 14.9 Å². The van der Waals surface area contributed by atoms with Gasteiger partial charge in [0.15, 0.2) is 23.0 Å². The summed E-state index contributed by atoms with van der Waals surface area (Å²) in [4.78, 5) is 37.2. The fraction of sp³-hybridized carbons (Fsp3) is 0.444. The van der Waals surface area contributed by atoms with Gasteiger partial charge in [-0.2, -0.15) is 5.26 Å². The van der Waals surface area contributed by atoms with Crippen molar-refractivity contribution >= 4 is 17.9 Å². The van der Waals surface area contributed by atoms with Gasteiger partial charge < -0.3 is 38.6 Å². The van der Waals surface area contributed by atoms with Crippen LogP contribution in [-0.4, -0.2) is 91.0 Å². The number of nitro benzene ring substituents is 1. The number of carbonyl (C=O) groups is 2. The molecule has 0 fully saturated rings. The maximum atomic E-state index is 12.6. The maximum Gasteiger partial charge on any atom is 0.336 e. The van der Waals surface area contributed by atoms with E-state index in [1.54, 1.807) is 48.4 Å². The van der Waals surface area contributed by atoms with Crippen LogP contribution in [-0.2, 0) is 30.9 Å². The summed E-state index contributed by atoms with van der Waals surface area (Å²) in [7, 11) is 10.2. The molecule has 3 aromatic carbocycles. The third-order valence-corrected chi connectivity index (χ3v) is 10.5. The molecule has 1 heterocycles. The second kappa shape index (κ2) is 22.9. The number of benzene rings is 3. The summed E-state index contributed by atoms with van der Waals surface area (Å²) in [5.74, 6) is 1.64. The van der Waals surface area contributed by atoms with E-state index in [9.17, 15) is 25.0 Å². The van der Waals surface area contributed by atoms with Crippen LogP contribution in [0.5, 0.6) is 23.0 Å². The molecule has 0 aromatic heterocycles. The molecule has 318 valence electrons. The first-order valence-corrected chi connectivity index (χ1v) is 19.3. The third-order valence-electron chi connectivity index (χ3n) is 10.5. The average Bonchev–Trinajstić information content (AvgIpc) is 3.24. The van der Waals surface area contributed by atoms with E-state index in [1.165, 1.54) is 30.9 Å². The third kappa shape index (κ3) is 12.1. The lowest BCUT2D eigenvalue weighted by molar-refractivity contribution is -0.384. The summed E-state index contributed by atoms with van der Waals surface area (Å²) in [6, 6.07) is 20.4. The Kier molecular flexibility index (Phi) is 18.4. The zero-order valence-electron chi connectivity index (χ0n) is 35.9. The lowest BCUT2D eigenvalue weighted by Gasteiger charge is -2.32. The molecule has 0 radical (unpaired) electrons. The van der Waals surface area contributed by atoms with Crippen LogP contribution in [0.15, 0.2) is 83.2 Å². The molecule has 2 atom stereocenters. The van der Waals surface area contributed by atoms with Crippen molar-refractivity contribution in [3.63, 3.8) is 0 Å². The molecule has 0 spiro atoms. The first kappa shape index (κ1) is 47.5. The Morgan fingerprint density at radius 3 is 2.14 bits per heavy atom. The first-order chi connectivity index (χ1) is 28.2. The van der Waals surface area contributed by atoms with E-state index in [2.05, 4.69) is 43.2 Å². The van der Waals surface area contributed by atoms with E-state index in [0.717, 1.165) is 49.4 Å². The second-order valence-corrected chi connectivity index (χ2v) is 14.4. The van der Waals surface area contributed by atoms with Crippen LogP contribution in [0.2, 0.25) is 0 Å². The number of allylic oxidation sites excluding steroid dienone is 3. The Hall–Kier alpha value is -5.91. The number of non-ortho nitro benzene ring substituents is 1. The van der Waals surface area contributed by atoms with Crippen LogP contribution in [0.1, 0.15) is 63.1 Å². The zero-order valence-corrected chi connectivity index (χ0v) is 35.9. The van der Waals surface area contributed by atoms with E-state index in [-0.39, 0.29) is 30.4 Å². The van der Waals surface area contributed by atoms with Gasteiger partial charge >= 0.3 is 5.97 Å². The molecule has 0 saturated carbocycles. The van der Waals surface area contributed by atoms with Gasteiger partial charge in [-0.25, -0.2) is 4.79 Å². The number of nitriles is 1. The predicted octanol–water partition coefficient (Wildman–Crippen LogP) is 7.31. The van der Waals surface area contributed by atoms with Gasteiger partial charge in [0.05, 0.1) is 57.0 Å². The quantitative estimate of drug-likeness (QED) is 0.0396. The Bertz CT molecular complexity index is 2020. The lowest BCUT2D eigenvalue weighted by Crippen LogP contribution is -2.32. The highest BCUT2D eigenvalue weighted by atomic mass is 16.6. The first-order valence-electron chi connectivity index (χ1n) is 19.3. The van der Waals surface area contributed by atoms with Crippen molar-refractivity contribution in [2.24, 2.45) is 5.92 Å². The fourth-order valence-electron chi connectivity index (χ4n) is 7.12. The van der Waals surface area contributed by atoms with Gasteiger partial charge in [-0.05, 0) is 93.6 Å². The molecular formula is C45H58N4O10. The monoisotopic (exact) mass is 814 g/mol. The van der Waals surface area contributed by atoms with Crippen LogP contribution in [0, 0.1) is 27.4 Å². The number of nitrogens with one attached hydrogen (secondary N) is 1. The largest absolute Gasteiger partial charge is 0.493 e. The average molecular weight is 815 g/mol. The molecule has 1 aliphatic heterocycles. The highest BCUT2D eigenvalue weighted by Crippen LogP contribution is 2.41. The molecule has 3 aromatic rings. The minimum Gasteiger partial charge on any atom is -0.493 e.